The normalized spacial score (nSPS) is 14.1. The van der Waals surface area contributed by atoms with Crippen molar-refractivity contribution in [2.75, 3.05) is 0 Å². The Balaban J connectivity index is 2.50. The van der Waals surface area contributed by atoms with Gasteiger partial charge in [-0.15, -0.1) is 0 Å². The number of rotatable bonds is 0. The molecular weight excluding hydrogens is 170 g/mol. The van der Waals surface area contributed by atoms with E-state index in [9.17, 15) is 4.79 Å². The Kier molecular flexibility index (Phi) is 1.63. The van der Waals surface area contributed by atoms with E-state index in [0.29, 0.717) is 12.1 Å². The van der Waals surface area contributed by atoms with Crippen LogP contribution in [-0.2, 0) is 11.2 Å². The molecule has 1 aromatic rings. The first-order valence-electron chi connectivity index (χ1n) is 3.50. The van der Waals surface area contributed by atoms with E-state index in [1.807, 2.05) is 6.07 Å². The van der Waals surface area contributed by atoms with Crippen molar-refractivity contribution < 1.29 is 4.79 Å². The highest BCUT2D eigenvalue weighted by molar-refractivity contribution is 8.14. The molecule has 12 heavy (non-hydrogen) atoms. The van der Waals surface area contributed by atoms with Gasteiger partial charge in [0.2, 0.25) is 0 Å². The summed E-state index contributed by atoms with van der Waals surface area (Å²) in [6.45, 7) is 6.79. The fourth-order valence-electron chi connectivity index (χ4n) is 1.17. The van der Waals surface area contributed by atoms with Crippen molar-refractivity contribution in [3.63, 3.8) is 0 Å². The number of hydrogen-bond acceptors (Lipinski definition) is 2. The highest BCUT2D eigenvalue weighted by Gasteiger charge is 2.18. The number of carbonyl (C=O) groups excluding carboxylic acids is 1. The molecule has 0 saturated carbocycles. The molecule has 0 N–H and O–H groups in total. The second kappa shape index (κ2) is 2.65. The summed E-state index contributed by atoms with van der Waals surface area (Å²) in [5, 5.41) is 0.173. The van der Waals surface area contributed by atoms with Crippen LogP contribution in [0.25, 0.3) is 4.85 Å². The van der Waals surface area contributed by atoms with E-state index < -0.39 is 0 Å². The topological polar surface area (TPSA) is 21.4 Å². The minimum atomic E-state index is 0.173. The van der Waals surface area contributed by atoms with Gasteiger partial charge in [-0.25, -0.2) is 4.85 Å². The van der Waals surface area contributed by atoms with Crippen molar-refractivity contribution in [2.45, 2.75) is 11.3 Å². The Morgan fingerprint density at radius 1 is 1.50 bits per heavy atom. The molecule has 0 spiro atoms. The lowest BCUT2D eigenvalue weighted by Gasteiger charge is -1.94. The first-order chi connectivity index (χ1) is 5.79. The van der Waals surface area contributed by atoms with E-state index >= 15 is 0 Å². The van der Waals surface area contributed by atoms with Crippen molar-refractivity contribution in [1.82, 2.24) is 0 Å². The lowest BCUT2D eigenvalue weighted by atomic mass is 10.1. The minimum Gasteiger partial charge on any atom is -0.286 e. The van der Waals surface area contributed by atoms with Crippen molar-refractivity contribution >= 4 is 22.6 Å². The smallest absolute Gasteiger partial charge is 0.198 e. The Bertz CT molecular complexity index is 392. The summed E-state index contributed by atoms with van der Waals surface area (Å²) in [5.74, 6) is 0. The average Bonchev–Trinajstić information content (AvgIpc) is 2.43. The summed E-state index contributed by atoms with van der Waals surface area (Å²) in [7, 11) is 0. The first-order valence-corrected chi connectivity index (χ1v) is 4.32. The third kappa shape index (κ3) is 1.10. The molecule has 0 aliphatic carbocycles. The fourth-order valence-corrected chi connectivity index (χ4v) is 2.09. The average molecular weight is 175 g/mol. The highest BCUT2D eigenvalue weighted by atomic mass is 32.2. The molecule has 3 heteroatoms. The Morgan fingerprint density at radius 2 is 2.33 bits per heavy atom. The van der Waals surface area contributed by atoms with Crippen LogP contribution >= 0.6 is 11.8 Å². The van der Waals surface area contributed by atoms with E-state index in [4.69, 9.17) is 6.57 Å². The zero-order valence-electron chi connectivity index (χ0n) is 6.20. The molecule has 0 aromatic heterocycles. The maximum Gasteiger partial charge on any atom is 0.198 e. The fraction of sp³-hybridized carbons (Fsp3) is 0.111. The maximum absolute atomic E-state index is 11.0. The molecule has 2 nitrogen and oxygen atoms in total. The maximum atomic E-state index is 11.0. The van der Waals surface area contributed by atoms with E-state index in [1.54, 1.807) is 12.1 Å². The van der Waals surface area contributed by atoms with Gasteiger partial charge in [-0.1, -0.05) is 23.9 Å². The molecular formula is C9H5NOS. The molecule has 1 heterocycles. The summed E-state index contributed by atoms with van der Waals surface area (Å²) in [6.07, 6.45) is 0.512. The van der Waals surface area contributed by atoms with Crippen molar-refractivity contribution in [1.29, 1.82) is 0 Å². The Morgan fingerprint density at radius 3 is 3.08 bits per heavy atom. The van der Waals surface area contributed by atoms with Crippen LogP contribution in [0.4, 0.5) is 5.69 Å². The number of thioether (sulfide) groups is 1. The largest absolute Gasteiger partial charge is 0.286 e. The first kappa shape index (κ1) is 7.38. The summed E-state index contributed by atoms with van der Waals surface area (Å²) in [5.41, 5.74) is 1.66. The number of carbonyl (C=O) groups is 1. The summed E-state index contributed by atoms with van der Waals surface area (Å²) in [6, 6.07) is 5.39. The quantitative estimate of drug-likeness (QED) is 0.565. The molecule has 0 atom stereocenters. The van der Waals surface area contributed by atoms with Crippen LogP contribution in [0, 0.1) is 6.57 Å². The number of nitrogens with zero attached hydrogens (tertiary/aromatic N) is 1. The standard InChI is InChI=1S/C9H5NOS/c1-10-7-3-2-6-4-9(11)12-8(6)5-7/h2-3,5H,4H2. The Labute approximate surface area is 74.4 Å². The monoisotopic (exact) mass is 175 g/mol. The lowest BCUT2D eigenvalue weighted by molar-refractivity contribution is -0.110. The van der Waals surface area contributed by atoms with Gasteiger partial charge < -0.3 is 0 Å². The minimum absolute atomic E-state index is 0.173. The van der Waals surface area contributed by atoms with Gasteiger partial charge in [0.1, 0.15) is 0 Å². The third-order valence-corrected chi connectivity index (χ3v) is 2.71. The number of benzene rings is 1. The second-order valence-electron chi connectivity index (χ2n) is 2.55. The third-order valence-electron chi connectivity index (χ3n) is 1.74. The van der Waals surface area contributed by atoms with Crippen molar-refractivity contribution in [3.8, 4) is 0 Å². The molecule has 58 valence electrons. The van der Waals surface area contributed by atoms with Crippen LogP contribution in [0.5, 0.6) is 0 Å². The second-order valence-corrected chi connectivity index (χ2v) is 3.65. The van der Waals surface area contributed by atoms with Crippen LogP contribution in [0.2, 0.25) is 0 Å². The zero-order chi connectivity index (χ0) is 8.55. The molecule has 1 aliphatic rings. The molecule has 0 unspecified atom stereocenters. The number of hydrogen-bond donors (Lipinski definition) is 0. The van der Waals surface area contributed by atoms with Gasteiger partial charge in [0.05, 0.1) is 6.57 Å². The predicted octanol–water partition coefficient (Wildman–Crippen LogP) is 2.41. The van der Waals surface area contributed by atoms with Crippen LogP contribution in [0.15, 0.2) is 23.1 Å². The lowest BCUT2D eigenvalue weighted by Crippen LogP contribution is -1.85. The summed E-state index contributed by atoms with van der Waals surface area (Å²) < 4.78 is 0. The summed E-state index contributed by atoms with van der Waals surface area (Å²) >= 11 is 1.24. The molecule has 1 aromatic carbocycles. The van der Waals surface area contributed by atoms with Crippen LogP contribution in [0.1, 0.15) is 5.56 Å². The van der Waals surface area contributed by atoms with Crippen LogP contribution < -0.4 is 0 Å². The van der Waals surface area contributed by atoms with E-state index in [-0.39, 0.29) is 5.12 Å². The molecule has 0 bridgehead atoms. The molecule has 0 radical (unpaired) electrons. The molecule has 0 fully saturated rings. The summed E-state index contributed by atoms with van der Waals surface area (Å²) in [4.78, 5) is 15.2. The van der Waals surface area contributed by atoms with Gasteiger partial charge in [-0.3, -0.25) is 4.79 Å². The van der Waals surface area contributed by atoms with E-state index in [0.717, 1.165) is 10.5 Å². The van der Waals surface area contributed by atoms with Crippen molar-refractivity contribution in [3.05, 3.63) is 35.2 Å². The predicted molar refractivity (Wildman–Crippen MR) is 47.3 cm³/mol. The molecule has 2 rings (SSSR count). The highest BCUT2D eigenvalue weighted by Crippen LogP contribution is 2.34. The van der Waals surface area contributed by atoms with E-state index in [1.165, 1.54) is 11.8 Å². The van der Waals surface area contributed by atoms with Gasteiger partial charge in [-0.05, 0) is 11.6 Å². The SMILES string of the molecule is [C-]#[N+]c1ccc2c(c1)SC(=O)C2. The van der Waals surface area contributed by atoms with Gasteiger partial charge >= 0.3 is 0 Å². The van der Waals surface area contributed by atoms with Gasteiger partial charge in [0.15, 0.2) is 10.8 Å². The van der Waals surface area contributed by atoms with Gasteiger partial charge in [0.25, 0.3) is 0 Å². The van der Waals surface area contributed by atoms with Crippen LogP contribution in [0.3, 0.4) is 0 Å². The Hall–Kier alpha value is -1.27. The zero-order valence-corrected chi connectivity index (χ0v) is 7.02. The van der Waals surface area contributed by atoms with Gasteiger partial charge in [0, 0.05) is 11.3 Å². The van der Waals surface area contributed by atoms with Crippen molar-refractivity contribution in [2.24, 2.45) is 0 Å². The van der Waals surface area contributed by atoms with E-state index in [2.05, 4.69) is 4.85 Å². The van der Waals surface area contributed by atoms with Gasteiger partial charge in [-0.2, -0.15) is 0 Å². The van der Waals surface area contributed by atoms with Crippen LogP contribution in [-0.4, -0.2) is 5.12 Å². The molecule has 0 amide bonds. The number of fused-ring (bicyclic) bond motifs is 1. The molecule has 0 saturated heterocycles. The molecule has 1 aliphatic heterocycles.